The number of ether oxygens (including phenoxy) is 1. The minimum Gasteiger partial charge on any atom is -0.481 e. The van der Waals surface area contributed by atoms with Gasteiger partial charge in [-0.05, 0) is 18.2 Å². The lowest BCUT2D eigenvalue weighted by Crippen LogP contribution is -1.92. The molecule has 0 radical (unpaired) electrons. The Morgan fingerprint density at radius 1 is 1.05 bits per heavy atom. The molecular formula is C13H12N6O2. The molecule has 3 rings (SSSR count). The second-order valence-electron chi connectivity index (χ2n) is 4.26. The van der Waals surface area contributed by atoms with E-state index in [4.69, 9.17) is 20.7 Å². The van der Waals surface area contributed by atoms with Gasteiger partial charge in [0.1, 0.15) is 12.0 Å². The van der Waals surface area contributed by atoms with E-state index in [0.717, 1.165) is 0 Å². The quantitative estimate of drug-likeness (QED) is 0.690. The maximum absolute atomic E-state index is 5.75. The Morgan fingerprint density at radius 2 is 1.81 bits per heavy atom. The minimum atomic E-state index is 0.307. The molecule has 8 heteroatoms. The van der Waals surface area contributed by atoms with Gasteiger partial charge in [-0.15, -0.1) is 0 Å². The highest BCUT2D eigenvalue weighted by molar-refractivity contribution is 5.68. The highest BCUT2D eigenvalue weighted by atomic mass is 16.5. The third-order valence-electron chi connectivity index (χ3n) is 2.73. The molecule has 4 N–H and O–H groups in total. The highest BCUT2D eigenvalue weighted by Crippen LogP contribution is 2.25. The number of hydrogen-bond acceptors (Lipinski definition) is 8. The van der Waals surface area contributed by atoms with E-state index in [1.54, 1.807) is 24.3 Å². The van der Waals surface area contributed by atoms with Crippen LogP contribution in [-0.2, 0) is 0 Å². The standard InChI is InChI=1S/C13H12N6O2/c1-20-11-5-10(16-6-17-11)12-18-13(21-19-12)7-2-8(14)4-9(15)3-7/h2-6H,14-15H2,1H3. The number of rotatable bonds is 3. The molecule has 0 aliphatic rings. The minimum absolute atomic E-state index is 0.307. The molecule has 2 heterocycles. The lowest BCUT2D eigenvalue weighted by Gasteiger charge is -1.99. The SMILES string of the molecule is COc1cc(-c2noc(-c3cc(N)cc(N)c3)n2)ncn1. The molecule has 8 nitrogen and oxygen atoms in total. The summed E-state index contributed by atoms with van der Waals surface area (Å²) < 4.78 is 10.2. The zero-order valence-electron chi connectivity index (χ0n) is 11.1. The maximum Gasteiger partial charge on any atom is 0.258 e. The monoisotopic (exact) mass is 284 g/mol. The molecule has 106 valence electrons. The van der Waals surface area contributed by atoms with Crippen molar-refractivity contribution in [2.24, 2.45) is 0 Å². The zero-order chi connectivity index (χ0) is 14.8. The molecule has 0 atom stereocenters. The first-order valence-electron chi connectivity index (χ1n) is 6.02. The van der Waals surface area contributed by atoms with E-state index < -0.39 is 0 Å². The molecule has 1 aromatic carbocycles. The number of aromatic nitrogens is 4. The van der Waals surface area contributed by atoms with Crippen molar-refractivity contribution in [1.82, 2.24) is 20.1 Å². The van der Waals surface area contributed by atoms with Crippen molar-refractivity contribution < 1.29 is 9.26 Å². The van der Waals surface area contributed by atoms with Gasteiger partial charge < -0.3 is 20.7 Å². The fraction of sp³-hybridized carbons (Fsp3) is 0.0769. The van der Waals surface area contributed by atoms with E-state index in [1.165, 1.54) is 13.4 Å². The van der Waals surface area contributed by atoms with Crippen molar-refractivity contribution in [3.8, 4) is 28.9 Å². The summed E-state index contributed by atoms with van der Waals surface area (Å²) >= 11 is 0. The first kappa shape index (κ1) is 12.9. The summed E-state index contributed by atoms with van der Waals surface area (Å²) in [7, 11) is 1.52. The molecule has 0 bridgehead atoms. The molecule has 3 aromatic rings. The van der Waals surface area contributed by atoms with Crippen LogP contribution in [0.1, 0.15) is 0 Å². The molecular weight excluding hydrogens is 272 g/mol. The number of methoxy groups -OCH3 is 1. The van der Waals surface area contributed by atoms with E-state index in [2.05, 4.69) is 20.1 Å². The third-order valence-corrected chi connectivity index (χ3v) is 2.73. The van der Waals surface area contributed by atoms with Gasteiger partial charge in [0.2, 0.25) is 11.7 Å². The number of anilines is 2. The number of benzene rings is 1. The summed E-state index contributed by atoms with van der Waals surface area (Å²) in [6.07, 6.45) is 1.36. The normalized spacial score (nSPS) is 10.5. The molecule has 0 saturated carbocycles. The molecule has 0 spiro atoms. The predicted molar refractivity (Wildman–Crippen MR) is 76.1 cm³/mol. The van der Waals surface area contributed by atoms with Gasteiger partial charge in [-0.1, -0.05) is 5.16 Å². The molecule has 0 saturated heterocycles. The highest BCUT2D eigenvalue weighted by Gasteiger charge is 2.13. The van der Waals surface area contributed by atoms with Crippen molar-refractivity contribution in [2.45, 2.75) is 0 Å². The zero-order valence-corrected chi connectivity index (χ0v) is 11.1. The summed E-state index contributed by atoms with van der Waals surface area (Å²) in [5.74, 6) is 1.05. The second-order valence-corrected chi connectivity index (χ2v) is 4.26. The first-order chi connectivity index (χ1) is 10.2. The van der Waals surface area contributed by atoms with E-state index in [-0.39, 0.29) is 0 Å². The fourth-order valence-electron chi connectivity index (χ4n) is 1.82. The predicted octanol–water partition coefficient (Wildman–Crippen LogP) is 1.37. The number of nitrogen functional groups attached to an aromatic ring is 2. The third kappa shape index (κ3) is 2.59. The van der Waals surface area contributed by atoms with Crippen molar-refractivity contribution in [1.29, 1.82) is 0 Å². The van der Waals surface area contributed by atoms with Gasteiger partial charge in [0, 0.05) is 23.0 Å². The van der Waals surface area contributed by atoms with Gasteiger partial charge in [-0.2, -0.15) is 4.98 Å². The van der Waals surface area contributed by atoms with Crippen molar-refractivity contribution in [2.75, 3.05) is 18.6 Å². The van der Waals surface area contributed by atoms with Crippen LogP contribution in [0.5, 0.6) is 5.88 Å². The van der Waals surface area contributed by atoms with Crippen LogP contribution >= 0.6 is 0 Å². The Kier molecular flexibility index (Phi) is 3.11. The summed E-state index contributed by atoms with van der Waals surface area (Å²) in [5.41, 5.74) is 13.7. The van der Waals surface area contributed by atoms with Gasteiger partial charge >= 0.3 is 0 Å². The van der Waals surface area contributed by atoms with Crippen molar-refractivity contribution in [3.63, 3.8) is 0 Å². The smallest absolute Gasteiger partial charge is 0.258 e. The molecule has 0 fully saturated rings. The Bertz CT molecular complexity index is 766. The van der Waals surface area contributed by atoms with Crippen LogP contribution in [0.25, 0.3) is 23.0 Å². The largest absolute Gasteiger partial charge is 0.481 e. The van der Waals surface area contributed by atoms with Crippen LogP contribution in [0.4, 0.5) is 11.4 Å². The average Bonchev–Trinajstić information content (AvgIpc) is 2.96. The summed E-state index contributed by atoms with van der Waals surface area (Å²) in [6.45, 7) is 0. The van der Waals surface area contributed by atoms with Crippen molar-refractivity contribution >= 4 is 11.4 Å². The van der Waals surface area contributed by atoms with Gasteiger partial charge in [0.15, 0.2) is 0 Å². The summed E-state index contributed by atoms with van der Waals surface area (Å²) in [6, 6.07) is 6.67. The summed E-state index contributed by atoms with van der Waals surface area (Å²) in [5, 5.41) is 3.88. The van der Waals surface area contributed by atoms with E-state index >= 15 is 0 Å². The first-order valence-corrected chi connectivity index (χ1v) is 6.02. The van der Waals surface area contributed by atoms with Crippen LogP contribution in [0.3, 0.4) is 0 Å². The second kappa shape index (κ2) is 5.08. The molecule has 21 heavy (non-hydrogen) atoms. The van der Waals surface area contributed by atoms with Crippen LogP contribution in [0, 0.1) is 0 Å². The Hall–Kier alpha value is -3.16. The number of nitrogens with two attached hydrogens (primary N) is 2. The molecule has 0 aliphatic heterocycles. The van der Waals surface area contributed by atoms with Crippen LogP contribution < -0.4 is 16.2 Å². The summed E-state index contributed by atoms with van der Waals surface area (Å²) in [4.78, 5) is 12.3. The van der Waals surface area contributed by atoms with Crippen LogP contribution in [-0.4, -0.2) is 27.2 Å². The Morgan fingerprint density at radius 3 is 2.52 bits per heavy atom. The number of hydrogen-bond donors (Lipinski definition) is 2. The Balaban J connectivity index is 1.99. The number of nitrogens with zero attached hydrogens (tertiary/aromatic N) is 4. The maximum atomic E-state index is 5.75. The lowest BCUT2D eigenvalue weighted by atomic mass is 10.2. The van der Waals surface area contributed by atoms with Crippen LogP contribution in [0.2, 0.25) is 0 Å². The topological polar surface area (TPSA) is 126 Å². The fourth-order valence-corrected chi connectivity index (χ4v) is 1.82. The molecule has 2 aromatic heterocycles. The van der Waals surface area contributed by atoms with Crippen molar-refractivity contribution in [3.05, 3.63) is 30.6 Å². The Labute approximate surface area is 119 Å². The van der Waals surface area contributed by atoms with Gasteiger partial charge in [-0.3, -0.25) is 0 Å². The van der Waals surface area contributed by atoms with E-state index in [0.29, 0.717) is 40.2 Å². The van der Waals surface area contributed by atoms with Gasteiger partial charge in [0.05, 0.1) is 7.11 Å². The van der Waals surface area contributed by atoms with E-state index in [9.17, 15) is 0 Å². The van der Waals surface area contributed by atoms with E-state index in [1.807, 2.05) is 0 Å². The molecule has 0 unspecified atom stereocenters. The van der Waals surface area contributed by atoms with Crippen LogP contribution in [0.15, 0.2) is 35.1 Å². The molecule has 0 aliphatic carbocycles. The van der Waals surface area contributed by atoms with Gasteiger partial charge in [0.25, 0.3) is 5.89 Å². The van der Waals surface area contributed by atoms with Gasteiger partial charge in [-0.25, -0.2) is 9.97 Å². The average molecular weight is 284 g/mol. The lowest BCUT2D eigenvalue weighted by molar-refractivity contribution is 0.397. The molecule has 0 amide bonds.